The lowest BCUT2D eigenvalue weighted by molar-refractivity contribution is -0.141. The number of hydrogen-bond donors (Lipinski definition) is 1. The van der Waals surface area contributed by atoms with Crippen LogP contribution >= 0.6 is 0 Å². The van der Waals surface area contributed by atoms with E-state index in [0.29, 0.717) is 18.2 Å². The van der Waals surface area contributed by atoms with Gasteiger partial charge in [0.25, 0.3) is 0 Å². The topological polar surface area (TPSA) is 79.0 Å². The molecular weight excluding hydrogens is 430 g/mol. The average Bonchev–Trinajstić information content (AvgIpc) is 2.83. The number of piperidine rings is 1. The molecule has 0 saturated carbocycles. The standard InChI is InChI=1S/C27H49N3O4/c1-10-19(6)24(28-25(31)22-15-13-14-16-30(22)21(8)11-2)26(32)29(9)23(18(4)5)17-20(7)27(33)34-12-3/h17-19,21-24H,10-16H2,1-9H3,(H,28,31)/t19-,21?,22?,23-,24-/m1/s1. The van der Waals surface area contributed by atoms with Gasteiger partial charge in [-0.2, -0.15) is 0 Å². The molecule has 1 aliphatic rings. The number of nitrogens with one attached hydrogen (secondary N) is 1. The monoisotopic (exact) mass is 479 g/mol. The van der Waals surface area contributed by atoms with E-state index in [0.717, 1.165) is 38.6 Å². The molecule has 1 fully saturated rings. The van der Waals surface area contributed by atoms with Gasteiger partial charge in [0.15, 0.2) is 0 Å². The quantitative estimate of drug-likeness (QED) is 0.336. The zero-order valence-electron chi connectivity index (χ0n) is 23.0. The van der Waals surface area contributed by atoms with E-state index in [-0.39, 0.29) is 41.7 Å². The minimum Gasteiger partial charge on any atom is -0.463 e. The van der Waals surface area contributed by atoms with Crippen molar-refractivity contribution < 1.29 is 19.1 Å². The van der Waals surface area contributed by atoms with Gasteiger partial charge in [-0.1, -0.05) is 53.5 Å². The van der Waals surface area contributed by atoms with Crippen LogP contribution in [0, 0.1) is 11.8 Å². The number of rotatable bonds is 12. The summed E-state index contributed by atoms with van der Waals surface area (Å²) >= 11 is 0. The number of hydrogen-bond acceptors (Lipinski definition) is 5. The number of amides is 2. The highest BCUT2D eigenvalue weighted by atomic mass is 16.5. The van der Waals surface area contributed by atoms with E-state index in [1.54, 1.807) is 25.8 Å². The summed E-state index contributed by atoms with van der Waals surface area (Å²) in [7, 11) is 1.76. The average molecular weight is 480 g/mol. The third-order valence-electron chi connectivity index (χ3n) is 7.28. The third-order valence-corrected chi connectivity index (χ3v) is 7.28. The van der Waals surface area contributed by atoms with Crippen LogP contribution in [-0.4, -0.2) is 72.0 Å². The van der Waals surface area contributed by atoms with Crippen LogP contribution in [0.3, 0.4) is 0 Å². The maximum atomic E-state index is 13.7. The van der Waals surface area contributed by atoms with Crippen LogP contribution in [0.4, 0.5) is 0 Å². The van der Waals surface area contributed by atoms with Gasteiger partial charge in [-0.15, -0.1) is 0 Å². The Balaban J connectivity index is 3.13. The van der Waals surface area contributed by atoms with Crippen molar-refractivity contribution in [2.24, 2.45) is 11.8 Å². The number of esters is 1. The van der Waals surface area contributed by atoms with Crippen molar-refractivity contribution in [2.75, 3.05) is 20.2 Å². The third kappa shape index (κ3) is 8.10. The van der Waals surface area contributed by atoms with Crippen LogP contribution in [0.25, 0.3) is 0 Å². The van der Waals surface area contributed by atoms with Gasteiger partial charge in [0, 0.05) is 18.7 Å². The number of carbonyl (C=O) groups excluding carboxylic acids is 3. The van der Waals surface area contributed by atoms with Crippen molar-refractivity contribution in [2.45, 2.75) is 112 Å². The molecular formula is C27H49N3O4. The second-order valence-electron chi connectivity index (χ2n) is 10.1. The zero-order valence-corrected chi connectivity index (χ0v) is 23.0. The first-order valence-electron chi connectivity index (χ1n) is 13.2. The van der Waals surface area contributed by atoms with Crippen molar-refractivity contribution in [1.82, 2.24) is 15.1 Å². The Labute approximate surface area is 207 Å². The Morgan fingerprint density at radius 1 is 1.09 bits per heavy atom. The molecule has 0 aromatic carbocycles. The first-order valence-corrected chi connectivity index (χ1v) is 13.2. The van der Waals surface area contributed by atoms with Gasteiger partial charge in [0.05, 0.1) is 18.7 Å². The maximum absolute atomic E-state index is 13.7. The van der Waals surface area contributed by atoms with Gasteiger partial charge in [-0.05, 0) is 58.4 Å². The summed E-state index contributed by atoms with van der Waals surface area (Å²) < 4.78 is 5.11. The van der Waals surface area contributed by atoms with Gasteiger partial charge >= 0.3 is 5.97 Å². The molecule has 0 aliphatic carbocycles. The molecule has 1 saturated heterocycles. The predicted molar refractivity (Wildman–Crippen MR) is 137 cm³/mol. The SMILES string of the molecule is CCOC(=O)C(C)=C[C@H](C(C)C)N(C)C(=O)[C@H](NC(=O)C1CCCCN1C(C)CC)[C@H](C)CC. The van der Waals surface area contributed by atoms with Gasteiger partial charge in [-0.3, -0.25) is 14.5 Å². The Morgan fingerprint density at radius 3 is 2.26 bits per heavy atom. The summed E-state index contributed by atoms with van der Waals surface area (Å²) in [6.07, 6.45) is 6.52. The van der Waals surface area contributed by atoms with E-state index >= 15 is 0 Å². The lowest BCUT2D eigenvalue weighted by Gasteiger charge is -2.40. The molecule has 0 radical (unpaired) electrons. The minimum atomic E-state index is -0.610. The first kappa shape index (κ1) is 30.1. The summed E-state index contributed by atoms with van der Waals surface area (Å²) in [6.45, 7) is 17.1. The summed E-state index contributed by atoms with van der Waals surface area (Å²) in [5.41, 5.74) is 0.482. The van der Waals surface area contributed by atoms with Crippen LogP contribution in [-0.2, 0) is 19.1 Å². The number of likely N-dealkylation sites (N-methyl/N-ethyl adjacent to an activating group) is 1. The van der Waals surface area contributed by atoms with Crippen molar-refractivity contribution in [3.05, 3.63) is 11.6 Å². The highest BCUT2D eigenvalue weighted by Crippen LogP contribution is 2.23. The van der Waals surface area contributed by atoms with Crippen LogP contribution in [0.5, 0.6) is 0 Å². The molecule has 7 nitrogen and oxygen atoms in total. The van der Waals surface area contributed by atoms with Gasteiger partial charge in [-0.25, -0.2) is 4.79 Å². The van der Waals surface area contributed by atoms with E-state index < -0.39 is 6.04 Å². The highest BCUT2D eigenvalue weighted by molar-refractivity contribution is 5.91. The summed E-state index contributed by atoms with van der Waals surface area (Å²) in [5.74, 6) is -0.469. The Bertz CT molecular complexity index is 706. The Hall–Kier alpha value is -1.89. The number of likely N-dealkylation sites (tertiary alicyclic amines) is 1. The summed E-state index contributed by atoms with van der Waals surface area (Å²) in [4.78, 5) is 43.3. The number of nitrogens with zero attached hydrogens (tertiary/aromatic N) is 2. The molecule has 196 valence electrons. The molecule has 1 aliphatic heterocycles. The van der Waals surface area contributed by atoms with Gasteiger partial charge in [0.2, 0.25) is 11.8 Å². The van der Waals surface area contributed by atoms with Crippen molar-refractivity contribution in [3.63, 3.8) is 0 Å². The molecule has 0 bridgehead atoms. The summed E-state index contributed by atoms with van der Waals surface area (Å²) in [6, 6.07) is -0.759. The van der Waals surface area contributed by atoms with Crippen LogP contribution < -0.4 is 5.32 Å². The van der Waals surface area contributed by atoms with E-state index in [9.17, 15) is 14.4 Å². The lowest BCUT2D eigenvalue weighted by Crippen LogP contribution is -2.59. The molecule has 34 heavy (non-hydrogen) atoms. The van der Waals surface area contributed by atoms with Gasteiger partial charge < -0.3 is 15.0 Å². The second kappa shape index (κ2) is 14.5. The fourth-order valence-corrected chi connectivity index (χ4v) is 4.62. The molecule has 2 unspecified atom stereocenters. The normalized spacial score (nSPS) is 20.9. The summed E-state index contributed by atoms with van der Waals surface area (Å²) in [5, 5.41) is 3.13. The minimum absolute atomic E-state index is 0.0116. The van der Waals surface area contributed by atoms with Crippen molar-refractivity contribution in [1.29, 1.82) is 0 Å². The molecule has 0 spiro atoms. The smallest absolute Gasteiger partial charge is 0.333 e. The molecule has 1 heterocycles. The number of carbonyl (C=O) groups is 3. The van der Waals surface area contributed by atoms with Gasteiger partial charge in [0.1, 0.15) is 6.04 Å². The Morgan fingerprint density at radius 2 is 1.74 bits per heavy atom. The first-order chi connectivity index (χ1) is 16.0. The van der Waals surface area contributed by atoms with E-state index in [4.69, 9.17) is 4.74 Å². The molecule has 1 N–H and O–H groups in total. The molecule has 0 aromatic rings. The lowest BCUT2D eigenvalue weighted by atomic mass is 9.93. The molecule has 2 amide bonds. The van der Waals surface area contributed by atoms with E-state index in [2.05, 4.69) is 24.1 Å². The molecule has 0 aromatic heterocycles. The fourth-order valence-electron chi connectivity index (χ4n) is 4.62. The second-order valence-corrected chi connectivity index (χ2v) is 10.1. The highest BCUT2D eigenvalue weighted by Gasteiger charge is 2.36. The fraction of sp³-hybridized carbons (Fsp3) is 0.815. The molecule has 1 rings (SSSR count). The van der Waals surface area contributed by atoms with Crippen molar-refractivity contribution >= 4 is 17.8 Å². The van der Waals surface area contributed by atoms with Crippen LogP contribution in [0.1, 0.15) is 87.5 Å². The molecule has 7 heteroatoms. The maximum Gasteiger partial charge on any atom is 0.333 e. The Kier molecular flexibility index (Phi) is 12.9. The predicted octanol–water partition coefficient (Wildman–Crippen LogP) is 4.16. The molecule has 5 atom stereocenters. The van der Waals surface area contributed by atoms with Crippen LogP contribution in [0.2, 0.25) is 0 Å². The van der Waals surface area contributed by atoms with E-state index in [1.165, 1.54) is 0 Å². The number of ether oxygens (including phenoxy) is 1. The van der Waals surface area contributed by atoms with Crippen LogP contribution in [0.15, 0.2) is 11.6 Å². The van der Waals surface area contributed by atoms with E-state index in [1.807, 2.05) is 33.8 Å². The zero-order chi connectivity index (χ0) is 26.0. The van der Waals surface area contributed by atoms with Crippen molar-refractivity contribution in [3.8, 4) is 0 Å². The largest absolute Gasteiger partial charge is 0.463 e.